The van der Waals surface area contributed by atoms with Crippen LogP contribution in [-0.2, 0) is 0 Å². The van der Waals surface area contributed by atoms with Gasteiger partial charge < -0.3 is 15.4 Å². The Hall–Kier alpha value is -1.22. The molecule has 0 radical (unpaired) electrons. The van der Waals surface area contributed by atoms with Crippen LogP contribution in [0.25, 0.3) is 0 Å². The first-order chi connectivity index (χ1) is 10.0. The monoisotopic (exact) mass is 290 g/mol. The van der Waals surface area contributed by atoms with Crippen molar-refractivity contribution < 1.29 is 4.74 Å². The molecule has 3 atom stereocenters. The van der Waals surface area contributed by atoms with Crippen LogP contribution in [0, 0.1) is 17.8 Å². The number of benzene rings is 1. The molecule has 0 bridgehead atoms. The van der Waals surface area contributed by atoms with Crippen molar-refractivity contribution in [3.63, 3.8) is 0 Å². The van der Waals surface area contributed by atoms with Gasteiger partial charge in [-0.3, -0.25) is 0 Å². The number of hydrogen-bond donors (Lipinski definition) is 1. The number of nitrogens with two attached hydrogens (primary N) is 1. The molecule has 0 amide bonds. The van der Waals surface area contributed by atoms with E-state index in [1.807, 2.05) is 12.1 Å². The average Bonchev–Trinajstić information content (AvgIpc) is 2.49. The standard InChI is InChI=1S/C18H30N2O/c1-13(2)14-5-10-18(19)15(11-14)12-20(3)16-6-8-17(21-4)9-7-16/h6-9,13-15,18H,5,10-12,19H2,1-4H3. The second kappa shape index (κ2) is 7.17. The lowest BCUT2D eigenvalue weighted by molar-refractivity contribution is 0.193. The van der Waals surface area contributed by atoms with Gasteiger partial charge in [0.1, 0.15) is 5.75 Å². The highest BCUT2D eigenvalue weighted by atomic mass is 16.5. The third-order valence-corrected chi connectivity index (χ3v) is 5.05. The average molecular weight is 290 g/mol. The summed E-state index contributed by atoms with van der Waals surface area (Å²) in [5.74, 6) is 3.10. The van der Waals surface area contributed by atoms with Crippen LogP contribution in [0.3, 0.4) is 0 Å². The van der Waals surface area contributed by atoms with Gasteiger partial charge in [-0.25, -0.2) is 0 Å². The third kappa shape index (κ3) is 4.13. The molecule has 1 saturated carbocycles. The van der Waals surface area contributed by atoms with Crippen LogP contribution < -0.4 is 15.4 Å². The van der Waals surface area contributed by atoms with Gasteiger partial charge in [-0.15, -0.1) is 0 Å². The molecule has 0 aromatic heterocycles. The summed E-state index contributed by atoms with van der Waals surface area (Å²) < 4.78 is 5.22. The van der Waals surface area contributed by atoms with Crippen LogP contribution in [0.5, 0.6) is 5.75 Å². The molecule has 0 heterocycles. The number of anilines is 1. The van der Waals surface area contributed by atoms with Gasteiger partial charge >= 0.3 is 0 Å². The Balaban J connectivity index is 1.97. The molecule has 2 N–H and O–H groups in total. The van der Waals surface area contributed by atoms with Gasteiger partial charge in [0.05, 0.1) is 7.11 Å². The van der Waals surface area contributed by atoms with E-state index in [2.05, 4.69) is 37.9 Å². The van der Waals surface area contributed by atoms with Crippen LogP contribution in [-0.4, -0.2) is 26.7 Å². The maximum absolute atomic E-state index is 6.37. The topological polar surface area (TPSA) is 38.5 Å². The van der Waals surface area contributed by atoms with Gasteiger partial charge in [0.15, 0.2) is 0 Å². The summed E-state index contributed by atoms with van der Waals surface area (Å²) in [5.41, 5.74) is 7.60. The van der Waals surface area contributed by atoms with Gasteiger partial charge in [-0.05, 0) is 61.3 Å². The Morgan fingerprint density at radius 1 is 1.24 bits per heavy atom. The Morgan fingerprint density at radius 2 is 1.90 bits per heavy atom. The molecule has 21 heavy (non-hydrogen) atoms. The van der Waals surface area contributed by atoms with Crippen LogP contribution >= 0.6 is 0 Å². The molecule has 2 rings (SSSR count). The lowest BCUT2D eigenvalue weighted by atomic mass is 9.74. The summed E-state index contributed by atoms with van der Waals surface area (Å²) >= 11 is 0. The summed E-state index contributed by atoms with van der Waals surface area (Å²) in [6.45, 7) is 5.72. The van der Waals surface area contributed by atoms with Crippen molar-refractivity contribution in [1.82, 2.24) is 0 Å². The van der Waals surface area contributed by atoms with Crippen LogP contribution in [0.4, 0.5) is 5.69 Å². The Morgan fingerprint density at radius 3 is 2.48 bits per heavy atom. The number of methoxy groups -OCH3 is 1. The van der Waals surface area contributed by atoms with E-state index in [0.29, 0.717) is 12.0 Å². The van der Waals surface area contributed by atoms with Crippen molar-refractivity contribution in [2.45, 2.75) is 39.2 Å². The zero-order chi connectivity index (χ0) is 15.4. The zero-order valence-corrected chi connectivity index (χ0v) is 13.9. The molecule has 118 valence electrons. The number of rotatable bonds is 5. The van der Waals surface area contributed by atoms with Gasteiger partial charge in [0.25, 0.3) is 0 Å². The summed E-state index contributed by atoms with van der Waals surface area (Å²) in [6, 6.07) is 8.62. The third-order valence-electron chi connectivity index (χ3n) is 5.05. The lowest BCUT2D eigenvalue weighted by Gasteiger charge is -2.38. The van der Waals surface area contributed by atoms with Gasteiger partial charge in [-0.2, -0.15) is 0 Å². The number of ether oxygens (including phenoxy) is 1. The fourth-order valence-electron chi connectivity index (χ4n) is 3.43. The molecule has 3 unspecified atom stereocenters. The minimum Gasteiger partial charge on any atom is -0.497 e. The van der Waals surface area contributed by atoms with Gasteiger partial charge in [-0.1, -0.05) is 13.8 Å². The van der Waals surface area contributed by atoms with E-state index in [1.165, 1.54) is 24.9 Å². The van der Waals surface area contributed by atoms with Gasteiger partial charge in [0.2, 0.25) is 0 Å². The number of hydrogen-bond acceptors (Lipinski definition) is 3. The lowest BCUT2D eigenvalue weighted by Crippen LogP contribution is -2.43. The maximum atomic E-state index is 6.37. The van der Waals surface area contributed by atoms with E-state index in [1.54, 1.807) is 7.11 Å². The van der Waals surface area contributed by atoms with Crippen molar-refractivity contribution in [3.05, 3.63) is 24.3 Å². The molecule has 1 fully saturated rings. The second-order valence-corrected chi connectivity index (χ2v) is 6.82. The second-order valence-electron chi connectivity index (χ2n) is 6.82. The largest absolute Gasteiger partial charge is 0.497 e. The number of nitrogens with zero attached hydrogens (tertiary/aromatic N) is 1. The van der Waals surface area contributed by atoms with E-state index in [0.717, 1.165) is 24.1 Å². The van der Waals surface area contributed by atoms with Crippen molar-refractivity contribution in [2.24, 2.45) is 23.5 Å². The van der Waals surface area contributed by atoms with Crippen LogP contribution in [0.1, 0.15) is 33.1 Å². The molecule has 1 aliphatic carbocycles. The summed E-state index contributed by atoms with van der Waals surface area (Å²) in [7, 11) is 3.86. The smallest absolute Gasteiger partial charge is 0.119 e. The van der Waals surface area contributed by atoms with E-state index in [4.69, 9.17) is 10.5 Å². The minimum absolute atomic E-state index is 0.348. The molecule has 3 heteroatoms. The molecule has 1 aromatic carbocycles. The quantitative estimate of drug-likeness (QED) is 0.901. The van der Waals surface area contributed by atoms with E-state index in [-0.39, 0.29) is 0 Å². The Bertz CT molecular complexity index is 429. The van der Waals surface area contributed by atoms with Gasteiger partial charge in [0, 0.05) is 25.3 Å². The fourth-order valence-corrected chi connectivity index (χ4v) is 3.43. The Labute approximate surface area is 129 Å². The van der Waals surface area contributed by atoms with Crippen molar-refractivity contribution in [3.8, 4) is 5.75 Å². The predicted octanol–water partition coefficient (Wildman–Crippen LogP) is 3.53. The van der Waals surface area contributed by atoms with Crippen molar-refractivity contribution >= 4 is 5.69 Å². The zero-order valence-electron chi connectivity index (χ0n) is 13.9. The summed E-state index contributed by atoms with van der Waals surface area (Å²) in [4.78, 5) is 2.33. The minimum atomic E-state index is 0.348. The fraction of sp³-hybridized carbons (Fsp3) is 0.667. The molecule has 1 aromatic rings. The first-order valence-electron chi connectivity index (χ1n) is 8.12. The molecule has 3 nitrogen and oxygen atoms in total. The molecule has 0 saturated heterocycles. The van der Waals surface area contributed by atoms with Crippen molar-refractivity contribution in [1.29, 1.82) is 0 Å². The summed E-state index contributed by atoms with van der Waals surface area (Å²) in [5, 5.41) is 0. The maximum Gasteiger partial charge on any atom is 0.119 e. The van der Waals surface area contributed by atoms with E-state index < -0.39 is 0 Å². The normalized spacial score (nSPS) is 25.9. The highest BCUT2D eigenvalue weighted by molar-refractivity contribution is 5.48. The molecular formula is C18H30N2O. The Kier molecular flexibility index (Phi) is 5.51. The van der Waals surface area contributed by atoms with Crippen LogP contribution in [0.15, 0.2) is 24.3 Å². The molecular weight excluding hydrogens is 260 g/mol. The first-order valence-corrected chi connectivity index (χ1v) is 8.12. The highest BCUT2D eigenvalue weighted by Crippen LogP contribution is 2.34. The molecule has 0 spiro atoms. The predicted molar refractivity (Wildman–Crippen MR) is 89.9 cm³/mol. The van der Waals surface area contributed by atoms with E-state index >= 15 is 0 Å². The van der Waals surface area contributed by atoms with E-state index in [9.17, 15) is 0 Å². The first kappa shape index (κ1) is 16.2. The molecule has 1 aliphatic rings. The highest BCUT2D eigenvalue weighted by Gasteiger charge is 2.30. The van der Waals surface area contributed by atoms with Crippen LogP contribution in [0.2, 0.25) is 0 Å². The molecule has 0 aliphatic heterocycles. The SMILES string of the molecule is COc1ccc(N(C)CC2CC(C(C)C)CCC2N)cc1. The summed E-state index contributed by atoms with van der Waals surface area (Å²) in [6.07, 6.45) is 3.73. The van der Waals surface area contributed by atoms with Crippen molar-refractivity contribution in [2.75, 3.05) is 25.6 Å².